The highest BCUT2D eigenvalue weighted by Gasteiger charge is 2.19. The Labute approximate surface area is 160 Å². The van der Waals surface area contributed by atoms with Crippen molar-refractivity contribution in [1.82, 2.24) is 5.32 Å². The summed E-state index contributed by atoms with van der Waals surface area (Å²) in [4.78, 5) is 13.2. The molecule has 2 aromatic rings. The van der Waals surface area contributed by atoms with Gasteiger partial charge in [-0.25, -0.2) is 0 Å². The number of benzene rings is 1. The van der Waals surface area contributed by atoms with Crippen molar-refractivity contribution in [3.63, 3.8) is 0 Å². The zero-order valence-corrected chi connectivity index (χ0v) is 16.1. The lowest BCUT2D eigenvalue weighted by molar-refractivity contribution is -0.0498. The van der Waals surface area contributed by atoms with Gasteiger partial charge in [0.25, 0.3) is 5.91 Å². The van der Waals surface area contributed by atoms with E-state index >= 15 is 0 Å². The molecule has 8 heteroatoms. The molecule has 0 bridgehead atoms. The standard InChI is InChI=1S/C19H21F2NO4S/c1-5-6-13-8-12(9-14(24-3)16(13)25-4)10-22-18(23)17-15(26-19(20)21)7-11(2)27-17/h5,7-9,19H,1,6,10H2,2-4H3,(H,22,23). The number of hydrogen-bond donors (Lipinski definition) is 1. The summed E-state index contributed by atoms with van der Waals surface area (Å²) in [6.07, 6.45) is 2.31. The first kappa shape index (κ1) is 20.7. The monoisotopic (exact) mass is 397 g/mol. The van der Waals surface area contributed by atoms with E-state index in [1.165, 1.54) is 13.2 Å². The highest BCUT2D eigenvalue weighted by Crippen LogP contribution is 2.33. The highest BCUT2D eigenvalue weighted by molar-refractivity contribution is 7.14. The molecule has 146 valence electrons. The molecule has 27 heavy (non-hydrogen) atoms. The van der Waals surface area contributed by atoms with Crippen LogP contribution in [0.25, 0.3) is 0 Å². The number of aryl methyl sites for hydroxylation is 1. The van der Waals surface area contributed by atoms with Gasteiger partial charge in [-0.2, -0.15) is 8.78 Å². The van der Waals surface area contributed by atoms with Gasteiger partial charge in [-0.1, -0.05) is 6.08 Å². The summed E-state index contributed by atoms with van der Waals surface area (Å²) in [6, 6.07) is 5.05. The molecule has 0 saturated heterocycles. The predicted molar refractivity (Wildman–Crippen MR) is 100 cm³/mol. The quantitative estimate of drug-likeness (QED) is 0.640. The Morgan fingerprint density at radius 3 is 2.59 bits per heavy atom. The largest absolute Gasteiger partial charge is 0.493 e. The maximum absolute atomic E-state index is 12.5. The van der Waals surface area contributed by atoms with E-state index in [1.807, 2.05) is 6.07 Å². The molecular weight excluding hydrogens is 376 g/mol. The second-order valence-electron chi connectivity index (χ2n) is 5.59. The molecule has 0 aliphatic rings. The van der Waals surface area contributed by atoms with Crippen molar-refractivity contribution < 1.29 is 27.8 Å². The third kappa shape index (κ3) is 5.19. The second kappa shape index (κ2) is 9.36. The zero-order chi connectivity index (χ0) is 20.0. The number of halogens is 2. The van der Waals surface area contributed by atoms with Gasteiger partial charge in [0.15, 0.2) is 11.5 Å². The summed E-state index contributed by atoms with van der Waals surface area (Å²) < 4.78 is 40.2. The Bertz CT molecular complexity index is 820. The average Bonchev–Trinajstić information content (AvgIpc) is 2.99. The van der Waals surface area contributed by atoms with E-state index in [1.54, 1.807) is 26.2 Å². The molecule has 0 saturated carbocycles. The van der Waals surface area contributed by atoms with Crippen molar-refractivity contribution in [1.29, 1.82) is 0 Å². The highest BCUT2D eigenvalue weighted by atomic mass is 32.1. The van der Waals surface area contributed by atoms with E-state index in [4.69, 9.17) is 9.47 Å². The van der Waals surface area contributed by atoms with Crippen molar-refractivity contribution in [3.8, 4) is 17.2 Å². The van der Waals surface area contributed by atoms with Crippen LogP contribution in [-0.2, 0) is 13.0 Å². The molecule has 0 atom stereocenters. The Kier molecular flexibility index (Phi) is 7.18. The first-order valence-corrected chi connectivity index (χ1v) is 8.89. The minimum atomic E-state index is -2.99. The fraction of sp³-hybridized carbons (Fsp3) is 0.316. The summed E-state index contributed by atoms with van der Waals surface area (Å²) in [5, 5.41) is 2.72. The van der Waals surface area contributed by atoms with Gasteiger partial charge in [-0.15, -0.1) is 17.9 Å². The van der Waals surface area contributed by atoms with Gasteiger partial charge in [0.1, 0.15) is 10.6 Å². The summed E-state index contributed by atoms with van der Waals surface area (Å²) in [5.74, 6) is 0.539. The normalized spacial score (nSPS) is 10.6. The minimum absolute atomic E-state index is 0.111. The molecule has 1 heterocycles. The Morgan fingerprint density at radius 2 is 2.00 bits per heavy atom. The molecule has 0 fully saturated rings. The number of nitrogens with one attached hydrogen (secondary N) is 1. The fourth-order valence-corrected chi connectivity index (χ4v) is 3.47. The third-order valence-electron chi connectivity index (χ3n) is 3.68. The fourth-order valence-electron chi connectivity index (χ4n) is 2.61. The first-order chi connectivity index (χ1) is 12.9. The predicted octanol–water partition coefficient (Wildman–Crippen LogP) is 4.33. The lowest BCUT2D eigenvalue weighted by Crippen LogP contribution is -2.23. The van der Waals surface area contributed by atoms with Gasteiger partial charge in [-0.05, 0) is 37.1 Å². The van der Waals surface area contributed by atoms with E-state index in [9.17, 15) is 13.6 Å². The lowest BCUT2D eigenvalue weighted by Gasteiger charge is -2.15. The third-order valence-corrected chi connectivity index (χ3v) is 4.71. The second-order valence-corrected chi connectivity index (χ2v) is 6.85. The van der Waals surface area contributed by atoms with Crippen LogP contribution in [0.5, 0.6) is 17.2 Å². The smallest absolute Gasteiger partial charge is 0.387 e. The Hall–Kier alpha value is -2.61. The molecule has 0 unspecified atom stereocenters. The summed E-state index contributed by atoms with van der Waals surface area (Å²) >= 11 is 1.10. The number of carbonyl (C=O) groups excluding carboxylic acids is 1. The molecule has 0 spiro atoms. The van der Waals surface area contributed by atoms with Crippen LogP contribution in [0, 0.1) is 6.92 Å². The van der Waals surface area contributed by atoms with Gasteiger partial charge in [-0.3, -0.25) is 4.79 Å². The Morgan fingerprint density at radius 1 is 1.26 bits per heavy atom. The van der Waals surface area contributed by atoms with Gasteiger partial charge in [0.05, 0.1) is 14.2 Å². The van der Waals surface area contributed by atoms with Gasteiger partial charge < -0.3 is 19.5 Å². The first-order valence-electron chi connectivity index (χ1n) is 8.07. The summed E-state index contributed by atoms with van der Waals surface area (Å²) in [5.41, 5.74) is 1.65. The molecule has 0 radical (unpaired) electrons. The SMILES string of the molecule is C=CCc1cc(CNC(=O)c2sc(C)cc2OC(F)F)cc(OC)c1OC. The molecule has 1 aromatic carbocycles. The van der Waals surface area contributed by atoms with E-state index in [0.717, 1.165) is 22.5 Å². The van der Waals surface area contributed by atoms with Crippen LogP contribution in [0.15, 0.2) is 30.9 Å². The minimum Gasteiger partial charge on any atom is -0.493 e. The molecule has 1 aromatic heterocycles. The maximum atomic E-state index is 12.5. The number of carbonyl (C=O) groups is 1. The molecule has 5 nitrogen and oxygen atoms in total. The van der Waals surface area contributed by atoms with Crippen LogP contribution in [0.3, 0.4) is 0 Å². The molecular formula is C19H21F2NO4S. The molecule has 2 rings (SSSR count). The number of rotatable bonds is 9. The van der Waals surface area contributed by atoms with Crippen LogP contribution >= 0.6 is 11.3 Å². The average molecular weight is 397 g/mol. The number of allylic oxidation sites excluding steroid dienone is 1. The number of methoxy groups -OCH3 is 2. The molecule has 1 amide bonds. The topological polar surface area (TPSA) is 56.8 Å². The van der Waals surface area contributed by atoms with Gasteiger partial charge in [0, 0.05) is 17.0 Å². The van der Waals surface area contributed by atoms with Crippen molar-refractivity contribution in [2.45, 2.75) is 26.5 Å². The molecule has 1 N–H and O–H groups in total. The number of hydrogen-bond acceptors (Lipinski definition) is 5. The van der Waals surface area contributed by atoms with Crippen LogP contribution in [0.4, 0.5) is 8.78 Å². The lowest BCUT2D eigenvalue weighted by atomic mass is 10.1. The number of ether oxygens (including phenoxy) is 3. The van der Waals surface area contributed by atoms with Crippen molar-refractivity contribution in [2.24, 2.45) is 0 Å². The number of alkyl halides is 2. The zero-order valence-electron chi connectivity index (χ0n) is 15.3. The van der Waals surface area contributed by atoms with Gasteiger partial charge >= 0.3 is 6.61 Å². The molecule has 0 aliphatic carbocycles. The van der Waals surface area contributed by atoms with Crippen molar-refractivity contribution >= 4 is 17.2 Å². The van der Waals surface area contributed by atoms with Crippen molar-refractivity contribution in [2.75, 3.05) is 14.2 Å². The van der Waals surface area contributed by atoms with Crippen molar-refractivity contribution in [3.05, 3.63) is 51.7 Å². The number of amides is 1. The Balaban J connectivity index is 2.20. The van der Waals surface area contributed by atoms with E-state index in [2.05, 4.69) is 16.6 Å². The summed E-state index contributed by atoms with van der Waals surface area (Å²) in [7, 11) is 3.08. The maximum Gasteiger partial charge on any atom is 0.387 e. The van der Waals surface area contributed by atoms with Gasteiger partial charge in [0.2, 0.25) is 0 Å². The van der Waals surface area contributed by atoms with Crippen LogP contribution < -0.4 is 19.5 Å². The van der Waals surface area contributed by atoms with E-state index < -0.39 is 12.5 Å². The molecule has 0 aliphatic heterocycles. The van der Waals surface area contributed by atoms with E-state index in [0.29, 0.717) is 22.8 Å². The van der Waals surface area contributed by atoms with Crippen LogP contribution in [-0.4, -0.2) is 26.7 Å². The van der Waals surface area contributed by atoms with Crippen LogP contribution in [0.2, 0.25) is 0 Å². The van der Waals surface area contributed by atoms with Crippen LogP contribution in [0.1, 0.15) is 25.7 Å². The van der Waals surface area contributed by atoms with E-state index in [-0.39, 0.29) is 17.2 Å². The number of thiophene rings is 1. The summed E-state index contributed by atoms with van der Waals surface area (Å²) in [6.45, 7) is 2.64.